The average molecular weight is 320 g/mol. The fourth-order valence-electron chi connectivity index (χ4n) is 3.25. The number of nitrogens with zero attached hydrogens (tertiary/aromatic N) is 2. The Labute approximate surface area is 136 Å². The number of anilines is 1. The van der Waals surface area contributed by atoms with Gasteiger partial charge in [0.25, 0.3) is 0 Å². The van der Waals surface area contributed by atoms with Gasteiger partial charge in [-0.3, -0.25) is 4.98 Å². The number of ether oxygens (including phenoxy) is 1. The van der Waals surface area contributed by atoms with Crippen LogP contribution in [0.15, 0.2) is 24.4 Å². The maximum absolute atomic E-state index is 6.44. The normalized spacial score (nSPS) is 16.4. The van der Waals surface area contributed by atoms with Gasteiger partial charge in [-0.15, -0.1) is 0 Å². The van der Waals surface area contributed by atoms with Gasteiger partial charge in [-0.25, -0.2) is 0 Å². The second-order valence-corrected chi connectivity index (χ2v) is 6.13. The summed E-state index contributed by atoms with van der Waals surface area (Å²) in [5.41, 5.74) is 9.16. The number of pyridine rings is 1. The van der Waals surface area contributed by atoms with Crippen LogP contribution in [0.25, 0.3) is 10.9 Å². The number of methoxy groups -OCH3 is 1. The summed E-state index contributed by atoms with van der Waals surface area (Å²) in [4.78, 5) is 7.01. The highest BCUT2D eigenvalue weighted by Crippen LogP contribution is 2.36. The van der Waals surface area contributed by atoms with E-state index in [9.17, 15) is 0 Å². The van der Waals surface area contributed by atoms with Crippen molar-refractivity contribution >= 4 is 28.2 Å². The average Bonchev–Trinajstić information content (AvgIpc) is 2.56. The van der Waals surface area contributed by atoms with Crippen molar-refractivity contribution < 1.29 is 4.74 Å². The van der Waals surface area contributed by atoms with E-state index in [-0.39, 0.29) is 0 Å². The molecule has 0 aliphatic carbocycles. The molecular formula is C17H22ClN3O. The zero-order valence-corrected chi connectivity index (χ0v) is 13.6. The number of aromatic nitrogens is 1. The van der Waals surface area contributed by atoms with E-state index in [0.717, 1.165) is 48.3 Å². The first-order valence-corrected chi connectivity index (χ1v) is 8.16. The van der Waals surface area contributed by atoms with Gasteiger partial charge in [-0.2, -0.15) is 0 Å². The second kappa shape index (κ2) is 6.82. The molecule has 22 heavy (non-hydrogen) atoms. The van der Waals surface area contributed by atoms with Crippen LogP contribution in [-0.4, -0.2) is 37.8 Å². The van der Waals surface area contributed by atoms with Gasteiger partial charge in [0.15, 0.2) is 0 Å². The lowest BCUT2D eigenvalue weighted by molar-refractivity contribution is 0.0819. The van der Waals surface area contributed by atoms with E-state index in [2.05, 4.69) is 16.0 Å². The Morgan fingerprint density at radius 2 is 2.18 bits per heavy atom. The Bertz CT molecular complexity index is 654. The Morgan fingerprint density at radius 3 is 2.86 bits per heavy atom. The van der Waals surface area contributed by atoms with Gasteiger partial charge in [0, 0.05) is 31.8 Å². The van der Waals surface area contributed by atoms with Crippen molar-refractivity contribution in [2.24, 2.45) is 5.73 Å². The standard InChI is InChI=1S/C17H22ClN3O/c1-22-13-5-9-21(10-6-13)17-12(4-7-19)11-15(18)14-3-2-8-20-16(14)17/h2-3,8,11,13H,4-7,9-10,19H2,1H3. The molecule has 1 aromatic heterocycles. The molecular weight excluding hydrogens is 298 g/mol. The molecule has 0 amide bonds. The van der Waals surface area contributed by atoms with Gasteiger partial charge in [0.2, 0.25) is 0 Å². The first-order valence-electron chi connectivity index (χ1n) is 7.78. The van der Waals surface area contributed by atoms with Gasteiger partial charge < -0.3 is 15.4 Å². The number of hydrogen-bond donors (Lipinski definition) is 1. The van der Waals surface area contributed by atoms with Crippen LogP contribution < -0.4 is 10.6 Å². The fourth-order valence-corrected chi connectivity index (χ4v) is 3.54. The molecule has 0 atom stereocenters. The largest absolute Gasteiger partial charge is 0.381 e. The molecule has 0 saturated carbocycles. The van der Waals surface area contributed by atoms with Crippen LogP contribution in [0, 0.1) is 0 Å². The maximum atomic E-state index is 6.44. The molecule has 0 radical (unpaired) electrons. The highest BCUT2D eigenvalue weighted by atomic mass is 35.5. The summed E-state index contributed by atoms with van der Waals surface area (Å²) in [6.45, 7) is 2.56. The van der Waals surface area contributed by atoms with E-state index in [1.165, 1.54) is 11.3 Å². The molecule has 1 fully saturated rings. The van der Waals surface area contributed by atoms with Crippen LogP contribution in [0.1, 0.15) is 18.4 Å². The smallest absolute Gasteiger partial charge is 0.0953 e. The molecule has 2 aromatic rings. The third kappa shape index (κ3) is 2.91. The molecule has 0 spiro atoms. The zero-order chi connectivity index (χ0) is 15.5. The lowest BCUT2D eigenvalue weighted by atomic mass is 10.0. The van der Waals surface area contributed by atoms with Crippen molar-refractivity contribution in [3.05, 3.63) is 35.0 Å². The molecule has 0 bridgehead atoms. The first-order chi connectivity index (χ1) is 10.7. The van der Waals surface area contributed by atoms with Crippen molar-refractivity contribution in [1.29, 1.82) is 0 Å². The number of hydrogen-bond acceptors (Lipinski definition) is 4. The van der Waals surface area contributed by atoms with E-state index in [0.29, 0.717) is 12.6 Å². The summed E-state index contributed by atoms with van der Waals surface area (Å²) in [7, 11) is 1.79. The molecule has 4 nitrogen and oxygen atoms in total. The van der Waals surface area contributed by atoms with E-state index < -0.39 is 0 Å². The van der Waals surface area contributed by atoms with E-state index in [4.69, 9.17) is 22.1 Å². The molecule has 118 valence electrons. The maximum Gasteiger partial charge on any atom is 0.0953 e. The minimum Gasteiger partial charge on any atom is -0.381 e. The number of nitrogens with two attached hydrogens (primary N) is 1. The third-order valence-corrected chi connectivity index (χ3v) is 4.71. The molecule has 5 heteroatoms. The quantitative estimate of drug-likeness (QED) is 0.941. The molecule has 1 aromatic carbocycles. The van der Waals surface area contributed by atoms with E-state index in [1.807, 2.05) is 18.3 Å². The van der Waals surface area contributed by atoms with Gasteiger partial charge >= 0.3 is 0 Å². The molecule has 1 saturated heterocycles. The number of fused-ring (bicyclic) bond motifs is 1. The summed E-state index contributed by atoms with van der Waals surface area (Å²) in [6, 6.07) is 6.01. The number of rotatable bonds is 4. The lowest BCUT2D eigenvalue weighted by Gasteiger charge is -2.34. The third-order valence-electron chi connectivity index (χ3n) is 4.40. The predicted octanol–water partition coefficient (Wildman–Crippen LogP) is 3.00. The number of halogens is 1. The van der Waals surface area contributed by atoms with Gasteiger partial charge in [-0.05, 0) is 49.6 Å². The summed E-state index contributed by atoms with van der Waals surface area (Å²) in [5, 5.41) is 1.76. The number of piperidine rings is 1. The van der Waals surface area contributed by atoms with Crippen LogP contribution >= 0.6 is 11.6 Å². The minimum absolute atomic E-state index is 0.362. The van der Waals surface area contributed by atoms with E-state index >= 15 is 0 Å². The van der Waals surface area contributed by atoms with E-state index in [1.54, 1.807) is 7.11 Å². The van der Waals surface area contributed by atoms with Crippen LogP contribution in [0.3, 0.4) is 0 Å². The minimum atomic E-state index is 0.362. The number of benzene rings is 1. The Balaban J connectivity index is 2.06. The SMILES string of the molecule is COC1CCN(c2c(CCN)cc(Cl)c3cccnc23)CC1. The monoisotopic (exact) mass is 319 g/mol. The summed E-state index contributed by atoms with van der Waals surface area (Å²) < 4.78 is 5.48. The van der Waals surface area contributed by atoms with Crippen molar-refractivity contribution in [3.8, 4) is 0 Å². The highest BCUT2D eigenvalue weighted by molar-refractivity contribution is 6.36. The van der Waals surface area contributed by atoms with Crippen LogP contribution in [-0.2, 0) is 11.2 Å². The predicted molar refractivity (Wildman–Crippen MR) is 91.8 cm³/mol. The van der Waals surface area contributed by atoms with Gasteiger partial charge in [-0.1, -0.05) is 11.6 Å². The summed E-state index contributed by atoms with van der Waals surface area (Å²) >= 11 is 6.44. The second-order valence-electron chi connectivity index (χ2n) is 5.73. The molecule has 2 heterocycles. The Morgan fingerprint density at radius 1 is 1.41 bits per heavy atom. The Hall–Kier alpha value is -1.36. The first kappa shape index (κ1) is 15.5. The van der Waals surface area contributed by atoms with Crippen molar-refractivity contribution in [1.82, 2.24) is 4.98 Å². The zero-order valence-electron chi connectivity index (χ0n) is 12.9. The molecule has 0 unspecified atom stereocenters. The Kier molecular flexibility index (Phi) is 4.81. The van der Waals surface area contributed by atoms with Gasteiger partial charge in [0.05, 0.1) is 22.3 Å². The van der Waals surface area contributed by atoms with Gasteiger partial charge in [0.1, 0.15) is 0 Å². The van der Waals surface area contributed by atoms with Crippen LogP contribution in [0.5, 0.6) is 0 Å². The molecule has 2 N–H and O–H groups in total. The lowest BCUT2D eigenvalue weighted by Crippen LogP contribution is -2.37. The molecule has 1 aliphatic heterocycles. The highest BCUT2D eigenvalue weighted by Gasteiger charge is 2.23. The summed E-state index contributed by atoms with van der Waals surface area (Å²) in [6.07, 6.45) is 5.08. The van der Waals surface area contributed by atoms with Crippen LogP contribution in [0.4, 0.5) is 5.69 Å². The molecule has 1 aliphatic rings. The molecule has 3 rings (SSSR count). The fraction of sp³-hybridized carbons (Fsp3) is 0.471. The topological polar surface area (TPSA) is 51.4 Å². The summed E-state index contributed by atoms with van der Waals surface area (Å²) in [5.74, 6) is 0. The van der Waals surface area contributed by atoms with Crippen LogP contribution in [0.2, 0.25) is 5.02 Å². The van der Waals surface area contributed by atoms with Crippen molar-refractivity contribution in [2.45, 2.75) is 25.4 Å². The van der Waals surface area contributed by atoms with Crippen molar-refractivity contribution in [3.63, 3.8) is 0 Å². The van der Waals surface area contributed by atoms with Crippen molar-refractivity contribution in [2.75, 3.05) is 31.6 Å².